The number of anilines is 1. The van der Waals surface area contributed by atoms with E-state index >= 15 is 0 Å². The van der Waals surface area contributed by atoms with Crippen molar-refractivity contribution in [1.29, 1.82) is 0 Å². The van der Waals surface area contributed by atoms with Crippen LogP contribution in [-0.2, 0) is 0 Å². The summed E-state index contributed by atoms with van der Waals surface area (Å²) >= 11 is 7.84. The number of aromatic carboxylic acids is 1. The minimum atomic E-state index is -0.943. The molecule has 0 aliphatic carbocycles. The first-order valence-electron chi connectivity index (χ1n) is 9.95. The molecule has 2 aromatic heterocycles. The molecule has 3 heterocycles. The third kappa shape index (κ3) is 4.73. The van der Waals surface area contributed by atoms with Gasteiger partial charge in [0.25, 0.3) is 0 Å². The fourth-order valence-electron chi connectivity index (χ4n) is 3.56. The van der Waals surface area contributed by atoms with Gasteiger partial charge in [0.1, 0.15) is 5.69 Å². The van der Waals surface area contributed by atoms with E-state index < -0.39 is 5.97 Å². The molecule has 1 aliphatic heterocycles. The van der Waals surface area contributed by atoms with Crippen LogP contribution in [0.2, 0.25) is 5.02 Å². The number of aromatic nitrogens is 2. The Kier molecular flexibility index (Phi) is 6.48. The Hall–Kier alpha value is -2.26. The molecule has 158 valence electrons. The molecule has 30 heavy (non-hydrogen) atoms. The highest BCUT2D eigenvalue weighted by molar-refractivity contribution is 7.22. The van der Waals surface area contributed by atoms with E-state index in [2.05, 4.69) is 32.1 Å². The minimum Gasteiger partial charge on any atom is -0.478 e. The van der Waals surface area contributed by atoms with E-state index in [1.165, 1.54) is 11.3 Å². The van der Waals surface area contributed by atoms with Crippen LogP contribution in [0.5, 0.6) is 0 Å². The molecule has 9 heteroatoms. The van der Waals surface area contributed by atoms with Crippen LogP contribution in [0.1, 0.15) is 16.8 Å². The highest BCUT2D eigenvalue weighted by Crippen LogP contribution is 2.37. The number of hydrogen-bond acceptors (Lipinski definition) is 7. The van der Waals surface area contributed by atoms with E-state index in [9.17, 15) is 9.90 Å². The number of likely N-dealkylation sites (N-methyl/N-ethyl adjacent to an activating group) is 1. The van der Waals surface area contributed by atoms with Crippen molar-refractivity contribution in [1.82, 2.24) is 19.8 Å². The number of thiophene rings is 1. The van der Waals surface area contributed by atoms with Crippen LogP contribution in [0.3, 0.4) is 0 Å². The van der Waals surface area contributed by atoms with Crippen molar-refractivity contribution in [2.24, 2.45) is 0 Å². The molecular formula is C21H24ClN5O2S. The normalized spacial score (nSPS) is 15.5. The lowest BCUT2D eigenvalue weighted by molar-refractivity contribution is 0.0699. The summed E-state index contributed by atoms with van der Waals surface area (Å²) in [5.74, 6) is -0.412. The van der Waals surface area contributed by atoms with Gasteiger partial charge in [0.2, 0.25) is 5.95 Å². The number of fused-ring (bicyclic) bond motifs is 1. The summed E-state index contributed by atoms with van der Waals surface area (Å²) in [5, 5.41) is 13.9. The smallest absolute Gasteiger partial charge is 0.336 e. The summed E-state index contributed by atoms with van der Waals surface area (Å²) in [6.45, 7) is 6.30. The monoisotopic (exact) mass is 445 g/mol. The number of carboxylic acid groups (broad SMARTS) is 1. The van der Waals surface area contributed by atoms with Gasteiger partial charge in [-0.3, -0.25) is 0 Å². The van der Waals surface area contributed by atoms with Gasteiger partial charge in [-0.2, -0.15) is 0 Å². The van der Waals surface area contributed by atoms with Gasteiger partial charge in [0.15, 0.2) is 0 Å². The first-order valence-corrected chi connectivity index (χ1v) is 11.1. The summed E-state index contributed by atoms with van der Waals surface area (Å²) in [6, 6.07) is 7.11. The molecule has 0 spiro atoms. The molecule has 4 rings (SSSR count). The molecule has 0 radical (unpaired) electrons. The van der Waals surface area contributed by atoms with Crippen molar-refractivity contribution < 1.29 is 9.90 Å². The Labute approximate surface area is 184 Å². The molecule has 1 saturated heterocycles. The highest BCUT2D eigenvalue weighted by Gasteiger charge is 2.16. The molecule has 0 bridgehead atoms. The SMILES string of the molecule is CN1CCN(CCCNc2ncc(Cl)c(-c3cc4c(C(=O)O)cccc4s3)n2)CC1. The third-order valence-corrected chi connectivity index (χ3v) is 6.68. The predicted octanol–water partition coefficient (Wildman–Crippen LogP) is 3.76. The molecule has 7 nitrogen and oxygen atoms in total. The highest BCUT2D eigenvalue weighted by atomic mass is 35.5. The van der Waals surface area contributed by atoms with Gasteiger partial charge >= 0.3 is 5.97 Å². The molecule has 0 unspecified atom stereocenters. The van der Waals surface area contributed by atoms with Crippen LogP contribution in [0, 0.1) is 0 Å². The lowest BCUT2D eigenvalue weighted by Crippen LogP contribution is -2.44. The number of carbonyl (C=O) groups is 1. The predicted molar refractivity (Wildman–Crippen MR) is 122 cm³/mol. The van der Waals surface area contributed by atoms with Crippen molar-refractivity contribution in [3.05, 3.63) is 41.0 Å². The Morgan fingerprint density at radius 1 is 1.30 bits per heavy atom. The quantitative estimate of drug-likeness (QED) is 0.536. The molecule has 2 N–H and O–H groups in total. The lowest BCUT2D eigenvalue weighted by Gasteiger charge is -2.32. The second kappa shape index (κ2) is 9.26. The average molecular weight is 446 g/mol. The standard InChI is InChI=1S/C21H24ClN5O2S/c1-26-8-10-27(11-9-26)7-3-6-23-21-24-13-16(22)19(25-21)18-12-15-14(20(28)29)4-2-5-17(15)30-18/h2,4-5,12-13H,3,6-11H2,1H3,(H,28,29)(H,23,24,25). The zero-order valence-corrected chi connectivity index (χ0v) is 18.3. The van der Waals surface area contributed by atoms with Gasteiger partial charge in [0.05, 0.1) is 21.7 Å². The van der Waals surface area contributed by atoms with E-state index in [1.54, 1.807) is 18.3 Å². The third-order valence-electron chi connectivity index (χ3n) is 5.30. The van der Waals surface area contributed by atoms with E-state index in [1.807, 2.05) is 12.1 Å². The van der Waals surface area contributed by atoms with E-state index in [4.69, 9.17) is 11.6 Å². The average Bonchev–Trinajstić information content (AvgIpc) is 3.17. The number of piperazine rings is 1. The number of halogens is 1. The number of benzene rings is 1. The molecule has 0 amide bonds. The zero-order chi connectivity index (χ0) is 21.1. The summed E-state index contributed by atoms with van der Waals surface area (Å²) in [5.41, 5.74) is 0.896. The maximum Gasteiger partial charge on any atom is 0.336 e. The Morgan fingerprint density at radius 2 is 2.10 bits per heavy atom. The molecule has 1 aliphatic rings. The Balaban J connectivity index is 1.44. The van der Waals surface area contributed by atoms with Crippen molar-refractivity contribution in [3.8, 4) is 10.6 Å². The molecule has 0 saturated carbocycles. The minimum absolute atomic E-state index is 0.280. The maximum atomic E-state index is 11.5. The number of carboxylic acids is 1. The summed E-state index contributed by atoms with van der Waals surface area (Å²) in [7, 11) is 2.16. The van der Waals surface area contributed by atoms with Gasteiger partial charge in [-0.25, -0.2) is 14.8 Å². The number of nitrogens with one attached hydrogen (secondary N) is 1. The van der Waals surface area contributed by atoms with Gasteiger partial charge in [-0.05, 0) is 38.2 Å². The van der Waals surface area contributed by atoms with Crippen molar-refractivity contribution >= 4 is 44.9 Å². The summed E-state index contributed by atoms with van der Waals surface area (Å²) in [6.07, 6.45) is 2.60. The Bertz CT molecular complexity index is 1050. The number of nitrogens with zero attached hydrogens (tertiary/aromatic N) is 4. The molecule has 1 aromatic carbocycles. The van der Waals surface area contributed by atoms with Crippen molar-refractivity contribution in [2.75, 3.05) is 51.6 Å². The van der Waals surface area contributed by atoms with Crippen molar-refractivity contribution in [3.63, 3.8) is 0 Å². The van der Waals surface area contributed by atoms with E-state index in [-0.39, 0.29) is 5.56 Å². The fraction of sp³-hybridized carbons (Fsp3) is 0.381. The second-order valence-corrected chi connectivity index (χ2v) is 8.94. The second-order valence-electron chi connectivity index (χ2n) is 7.45. The van der Waals surface area contributed by atoms with Crippen molar-refractivity contribution in [2.45, 2.75) is 6.42 Å². The van der Waals surface area contributed by atoms with Gasteiger partial charge < -0.3 is 20.2 Å². The lowest BCUT2D eigenvalue weighted by atomic mass is 10.1. The molecule has 3 aromatic rings. The van der Waals surface area contributed by atoms with Crippen LogP contribution >= 0.6 is 22.9 Å². The molecule has 1 fully saturated rings. The fourth-order valence-corrected chi connectivity index (χ4v) is 4.90. The maximum absolute atomic E-state index is 11.5. The Morgan fingerprint density at radius 3 is 2.87 bits per heavy atom. The van der Waals surface area contributed by atoms with E-state index in [0.717, 1.165) is 55.3 Å². The topological polar surface area (TPSA) is 81.6 Å². The summed E-state index contributed by atoms with van der Waals surface area (Å²) in [4.78, 5) is 26.0. The van der Waals surface area contributed by atoms with E-state index in [0.29, 0.717) is 22.1 Å². The van der Waals surface area contributed by atoms with Gasteiger partial charge in [-0.1, -0.05) is 17.7 Å². The number of hydrogen-bond donors (Lipinski definition) is 2. The zero-order valence-electron chi connectivity index (χ0n) is 16.8. The summed E-state index contributed by atoms with van der Waals surface area (Å²) < 4.78 is 0.890. The molecular weight excluding hydrogens is 422 g/mol. The van der Waals surface area contributed by atoms with Gasteiger partial charge in [-0.15, -0.1) is 11.3 Å². The van der Waals surface area contributed by atoms with Crippen LogP contribution in [-0.4, -0.2) is 77.2 Å². The van der Waals surface area contributed by atoms with Crippen LogP contribution < -0.4 is 5.32 Å². The largest absolute Gasteiger partial charge is 0.478 e. The first kappa shape index (κ1) is 21.0. The van der Waals surface area contributed by atoms with Crippen LogP contribution in [0.25, 0.3) is 20.7 Å². The molecule has 0 atom stereocenters. The number of rotatable bonds is 7. The van der Waals surface area contributed by atoms with Gasteiger partial charge in [0, 0.05) is 42.8 Å². The van der Waals surface area contributed by atoms with Crippen LogP contribution in [0.4, 0.5) is 5.95 Å². The first-order chi connectivity index (χ1) is 14.5. The van der Waals surface area contributed by atoms with Crippen LogP contribution in [0.15, 0.2) is 30.5 Å².